The third kappa shape index (κ3) is 2.47. The lowest BCUT2D eigenvalue weighted by Gasteiger charge is -2.00. The molecular weight excluding hydrogens is 280 g/mol. The molecule has 17 heavy (non-hydrogen) atoms. The van der Waals surface area contributed by atoms with Crippen LogP contribution in [0.5, 0.6) is 0 Å². The van der Waals surface area contributed by atoms with Gasteiger partial charge in [-0.15, -0.1) is 11.3 Å². The molecule has 2 rings (SSSR count). The summed E-state index contributed by atoms with van der Waals surface area (Å²) >= 11 is -1.34. The maximum atomic E-state index is 12.1. The van der Waals surface area contributed by atoms with Crippen LogP contribution in [0.3, 0.4) is 0 Å². The predicted molar refractivity (Wildman–Crippen MR) is 65.3 cm³/mol. The molecule has 1 aromatic heterocycles. The third-order valence-corrected chi connectivity index (χ3v) is 6.35. The summed E-state index contributed by atoms with van der Waals surface area (Å²) in [7, 11) is -3.58. The Hall–Kier alpha value is -1.02. The first-order valence-corrected chi connectivity index (χ1v) is 7.93. The lowest BCUT2D eigenvalue weighted by molar-refractivity contribution is 0.566. The smallest absolute Gasteiger partial charge is 0.215 e. The van der Waals surface area contributed by atoms with Crippen LogP contribution in [0, 0.1) is 0 Å². The van der Waals surface area contributed by atoms with E-state index in [0.717, 1.165) is 11.3 Å². The highest BCUT2D eigenvalue weighted by Gasteiger charge is 2.20. The summed E-state index contributed by atoms with van der Waals surface area (Å²) in [5.41, 5.74) is 0. The molecule has 1 heterocycles. The van der Waals surface area contributed by atoms with Crippen molar-refractivity contribution < 1.29 is 17.2 Å². The van der Waals surface area contributed by atoms with Crippen LogP contribution in [0.4, 0.5) is 0 Å². The number of hydrogen-bond acceptors (Lipinski definition) is 4. The van der Waals surface area contributed by atoms with Gasteiger partial charge in [0.05, 0.1) is 4.90 Å². The molecule has 1 aromatic carbocycles. The minimum absolute atomic E-state index is 0.0705. The molecule has 7 heteroatoms. The molecule has 2 aromatic rings. The van der Waals surface area contributed by atoms with Gasteiger partial charge in [0.2, 0.25) is 9.84 Å². The molecule has 1 atom stereocenters. The van der Waals surface area contributed by atoms with E-state index in [0.29, 0.717) is 0 Å². The van der Waals surface area contributed by atoms with Crippen molar-refractivity contribution in [2.24, 2.45) is 0 Å². The van der Waals surface area contributed by atoms with Crippen LogP contribution < -0.4 is 0 Å². The first-order valence-electron chi connectivity index (χ1n) is 4.52. The highest BCUT2D eigenvalue weighted by Crippen LogP contribution is 2.28. The van der Waals surface area contributed by atoms with Gasteiger partial charge in [0.25, 0.3) is 0 Å². The summed E-state index contributed by atoms with van der Waals surface area (Å²) in [5.74, 6) is 0. The van der Waals surface area contributed by atoms with E-state index >= 15 is 0 Å². The monoisotopic (exact) mass is 288 g/mol. The van der Waals surface area contributed by atoms with Crippen LogP contribution in [0.2, 0.25) is 0 Å². The second-order valence-electron chi connectivity index (χ2n) is 3.14. The molecule has 0 radical (unpaired) electrons. The normalized spacial score (nSPS) is 13.5. The van der Waals surface area contributed by atoms with E-state index in [4.69, 9.17) is 4.55 Å². The van der Waals surface area contributed by atoms with Gasteiger partial charge < -0.3 is 4.55 Å². The van der Waals surface area contributed by atoms with Crippen molar-refractivity contribution in [3.05, 3.63) is 42.5 Å². The van der Waals surface area contributed by atoms with Crippen molar-refractivity contribution in [2.75, 3.05) is 0 Å². The fourth-order valence-corrected chi connectivity index (χ4v) is 4.62. The van der Waals surface area contributed by atoms with Crippen LogP contribution in [0.1, 0.15) is 0 Å². The Labute approximate surface area is 105 Å². The van der Waals surface area contributed by atoms with Gasteiger partial charge in [0.1, 0.15) is 8.42 Å². The average Bonchev–Trinajstić information content (AvgIpc) is 2.80. The zero-order valence-corrected chi connectivity index (χ0v) is 10.9. The molecule has 0 aliphatic rings. The van der Waals surface area contributed by atoms with Crippen LogP contribution in [0.25, 0.3) is 0 Å². The van der Waals surface area contributed by atoms with E-state index in [2.05, 4.69) is 0 Å². The number of thiophene rings is 1. The molecule has 0 spiro atoms. The number of sulfone groups is 1. The van der Waals surface area contributed by atoms with Gasteiger partial charge in [-0.1, -0.05) is 18.2 Å². The fourth-order valence-electron chi connectivity index (χ4n) is 1.26. The van der Waals surface area contributed by atoms with Crippen LogP contribution in [-0.2, 0) is 20.9 Å². The van der Waals surface area contributed by atoms with Crippen molar-refractivity contribution >= 4 is 32.3 Å². The molecule has 0 bridgehead atoms. The molecule has 0 aliphatic heterocycles. The van der Waals surface area contributed by atoms with E-state index in [-0.39, 0.29) is 13.3 Å². The highest BCUT2D eigenvalue weighted by atomic mass is 32.3. The Morgan fingerprint density at radius 1 is 1.06 bits per heavy atom. The maximum absolute atomic E-state index is 12.1. The zero-order chi connectivity index (χ0) is 12.5. The maximum Gasteiger partial charge on any atom is 0.215 e. The lowest BCUT2D eigenvalue weighted by Crippen LogP contribution is -1.98. The SMILES string of the molecule is O=S(O)c1ccc(S(=O)(=O)c2ccccc2)s1. The lowest BCUT2D eigenvalue weighted by atomic mass is 10.4. The molecule has 4 nitrogen and oxygen atoms in total. The Morgan fingerprint density at radius 2 is 1.71 bits per heavy atom. The van der Waals surface area contributed by atoms with Gasteiger partial charge in [-0.25, -0.2) is 12.6 Å². The minimum Gasteiger partial charge on any atom is -0.302 e. The fraction of sp³-hybridized carbons (Fsp3) is 0. The van der Waals surface area contributed by atoms with Gasteiger partial charge in [-0.3, -0.25) is 0 Å². The van der Waals surface area contributed by atoms with E-state index in [1.807, 2.05) is 0 Å². The van der Waals surface area contributed by atoms with Gasteiger partial charge in [0.15, 0.2) is 11.1 Å². The standard InChI is InChI=1S/C10H8O4S3/c11-16(12)9-6-7-10(15-9)17(13,14)8-4-2-1-3-5-8/h1-7H,(H,11,12). The summed E-state index contributed by atoms with van der Waals surface area (Å²) in [5, 5.41) is 0. The van der Waals surface area contributed by atoms with E-state index in [9.17, 15) is 12.6 Å². The van der Waals surface area contributed by atoms with Crippen molar-refractivity contribution in [2.45, 2.75) is 13.3 Å². The number of benzene rings is 1. The molecule has 1 unspecified atom stereocenters. The quantitative estimate of drug-likeness (QED) is 0.879. The highest BCUT2D eigenvalue weighted by molar-refractivity contribution is 7.94. The molecule has 0 amide bonds. The van der Waals surface area contributed by atoms with Crippen molar-refractivity contribution in [3.63, 3.8) is 0 Å². The van der Waals surface area contributed by atoms with E-state index in [1.54, 1.807) is 18.2 Å². The molecule has 90 valence electrons. The topological polar surface area (TPSA) is 71.4 Å². The summed E-state index contributed by atoms with van der Waals surface area (Å²) in [6.07, 6.45) is 0. The molecule has 1 N–H and O–H groups in total. The third-order valence-electron chi connectivity index (χ3n) is 2.05. The molecule has 0 saturated carbocycles. The first kappa shape index (κ1) is 12.4. The Morgan fingerprint density at radius 3 is 2.24 bits per heavy atom. The van der Waals surface area contributed by atoms with Crippen molar-refractivity contribution in [1.29, 1.82) is 0 Å². The zero-order valence-electron chi connectivity index (χ0n) is 8.44. The largest absolute Gasteiger partial charge is 0.302 e. The van der Waals surface area contributed by atoms with Gasteiger partial charge >= 0.3 is 0 Å². The molecule has 0 saturated heterocycles. The van der Waals surface area contributed by atoms with E-state index < -0.39 is 20.9 Å². The van der Waals surface area contributed by atoms with Gasteiger partial charge in [0, 0.05) is 0 Å². The van der Waals surface area contributed by atoms with Gasteiger partial charge in [-0.2, -0.15) is 0 Å². The average molecular weight is 288 g/mol. The Bertz CT molecular complexity index is 643. The summed E-state index contributed by atoms with van der Waals surface area (Å²) in [4.78, 5) is 0.178. The summed E-state index contributed by atoms with van der Waals surface area (Å²) < 4.78 is 44.1. The van der Waals surface area contributed by atoms with Gasteiger partial charge in [-0.05, 0) is 24.3 Å². The minimum atomic E-state index is -3.58. The summed E-state index contributed by atoms with van der Waals surface area (Å²) in [6.45, 7) is 0. The van der Waals surface area contributed by atoms with Crippen molar-refractivity contribution in [1.82, 2.24) is 0 Å². The first-order chi connectivity index (χ1) is 8.01. The van der Waals surface area contributed by atoms with Crippen LogP contribution >= 0.6 is 11.3 Å². The van der Waals surface area contributed by atoms with Crippen LogP contribution in [0.15, 0.2) is 55.8 Å². The van der Waals surface area contributed by atoms with E-state index in [1.165, 1.54) is 24.3 Å². The van der Waals surface area contributed by atoms with Crippen LogP contribution in [-0.4, -0.2) is 17.2 Å². The predicted octanol–water partition coefficient (Wildman–Crippen LogP) is 2.16. The summed E-state index contributed by atoms with van der Waals surface area (Å²) in [6, 6.07) is 10.7. The molecular formula is C10H8O4S3. The molecule has 0 aliphatic carbocycles. The number of hydrogen-bond donors (Lipinski definition) is 1. The second-order valence-corrected chi connectivity index (χ2v) is 7.60. The Kier molecular flexibility index (Phi) is 3.43. The van der Waals surface area contributed by atoms with Crippen molar-refractivity contribution in [3.8, 4) is 0 Å². The number of rotatable bonds is 3. The Balaban J connectivity index is 2.49. The second kappa shape index (κ2) is 4.69. The molecule has 0 fully saturated rings.